The van der Waals surface area contributed by atoms with Gasteiger partial charge in [-0.2, -0.15) is 5.10 Å². The van der Waals surface area contributed by atoms with Crippen molar-refractivity contribution in [2.45, 2.75) is 6.42 Å². The van der Waals surface area contributed by atoms with Crippen molar-refractivity contribution in [3.63, 3.8) is 0 Å². The van der Waals surface area contributed by atoms with Crippen LogP contribution in [0.2, 0.25) is 0 Å². The van der Waals surface area contributed by atoms with E-state index in [0.717, 1.165) is 5.69 Å². The average molecular weight is 348 g/mol. The Morgan fingerprint density at radius 3 is 2.50 bits per heavy atom. The molecule has 128 valence electrons. The maximum absolute atomic E-state index is 12.9. The van der Waals surface area contributed by atoms with Crippen LogP contribution in [0.4, 0.5) is 0 Å². The molecule has 0 aliphatic carbocycles. The molecule has 8 heteroatoms. The number of rotatable bonds is 3. The van der Waals surface area contributed by atoms with Crippen LogP contribution in [-0.2, 0) is 10.0 Å². The quantitative estimate of drug-likeness (QED) is 0.829. The van der Waals surface area contributed by atoms with Crippen molar-refractivity contribution < 1.29 is 13.2 Å². The molecule has 0 N–H and O–H groups in total. The number of amides is 1. The van der Waals surface area contributed by atoms with E-state index in [1.54, 1.807) is 21.8 Å². The van der Waals surface area contributed by atoms with E-state index < -0.39 is 10.0 Å². The first-order chi connectivity index (χ1) is 11.5. The Hall–Kier alpha value is -2.19. The highest BCUT2D eigenvalue weighted by atomic mass is 32.2. The van der Waals surface area contributed by atoms with Crippen molar-refractivity contribution in [3.05, 3.63) is 48.3 Å². The highest BCUT2D eigenvalue weighted by Gasteiger charge is 2.26. The van der Waals surface area contributed by atoms with Crippen LogP contribution < -0.4 is 0 Å². The Labute approximate surface area is 141 Å². The van der Waals surface area contributed by atoms with E-state index >= 15 is 0 Å². The largest absolute Gasteiger partial charge is 0.336 e. The molecule has 0 radical (unpaired) electrons. The van der Waals surface area contributed by atoms with Crippen molar-refractivity contribution in [1.82, 2.24) is 19.0 Å². The fourth-order valence-electron chi connectivity index (χ4n) is 2.83. The van der Waals surface area contributed by atoms with Gasteiger partial charge in [-0.15, -0.1) is 0 Å². The van der Waals surface area contributed by atoms with Gasteiger partial charge in [-0.05, 0) is 24.6 Å². The van der Waals surface area contributed by atoms with E-state index in [2.05, 4.69) is 5.10 Å². The summed E-state index contributed by atoms with van der Waals surface area (Å²) in [6.07, 6.45) is 3.42. The summed E-state index contributed by atoms with van der Waals surface area (Å²) >= 11 is 0. The summed E-state index contributed by atoms with van der Waals surface area (Å²) < 4.78 is 26.4. The number of aromatic nitrogens is 2. The smallest absolute Gasteiger partial charge is 0.272 e. The second-order valence-corrected chi connectivity index (χ2v) is 7.75. The number of carbonyl (C=O) groups is 1. The van der Waals surface area contributed by atoms with E-state index in [0.29, 0.717) is 38.3 Å². The Kier molecular flexibility index (Phi) is 4.68. The third kappa shape index (κ3) is 3.49. The Bertz CT molecular complexity index is 817. The molecular formula is C16H20N4O3S. The van der Waals surface area contributed by atoms with Gasteiger partial charge < -0.3 is 4.90 Å². The maximum atomic E-state index is 12.9. The third-order valence-electron chi connectivity index (χ3n) is 4.07. The molecule has 2 aromatic rings. The summed E-state index contributed by atoms with van der Waals surface area (Å²) in [6, 6.07) is 11.1. The zero-order valence-corrected chi connectivity index (χ0v) is 14.3. The van der Waals surface area contributed by atoms with Gasteiger partial charge in [0.15, 0.2) is 0 Å². The lowest BCUT2D eigenvalue weighted by Crippen LogP contribution is -2.37. The fourth-order valence-corrected chi connectivity index (χ4v) is 3.70. The highest BCUT2D eigenvalue weighted by molar-refractivity contribution is 7.88. The molecule has 1 aliphatic rings. The van der Waals surface area contributed by atoms with Gasteiger partial charge in [-0.3, -0.25) is 4.79 Å². The first-order valence-electron chi connectivity index (χ1n) is 7.80. The zero-order chi connectivity index (χ0) is 17.2. The van der Waals surface area contributed by atoms with Crippen molar-refractivity contribution in [3.8, 4) is 5.69 Å². The molecule has 1 saturated heterocycles. The predicted octanol–water partition coefficient (Wildman–Crippen LogP) is 0.980. The summed E-state index contributed by atoms with van der Waals surface area (Å²) in [7, 11) is -3.23. The van der Waals surface area contributed by atoms with Gasteiger partial charge in [0.1, 0.15) is 5.69 Å². The summed E-state index contributed by atoms with van der Waals surface area (Å²) in [5.41, 5.74) is 1.30. The average Bonchev–Trinajstić information content (AvgIpc) is 2.90. The van der Waals surface area contributed by atoms with Gasteiger partial charge in [0.2, 0.25) is 10.0 Å². The number of carbonyl (C=O) groups excluding carboxylic acids is 1. The molecule has 3 rings (SSSR count). The topological polar surface area (TPSA) is 75.5 Å². The van der Waals surface area contributed by atoms with E-state index in [1.165, 1.54) is 10.6 Å². The fraction of sp³-hybridized carbons (Fsp3) is 0.375. The van der Waals surface area contributed by atoms with Gasteiger partial charge in [0, 0.05) is 26.2 Å². The molecule has 1 aliphatic heterocycles. The molecule has 0 saturated carbocycles. The molecule has 0 unspecified atom stereocenters. The minimum atomic E-state index is -3.23. The van der Waals surface area contributed by atoms with E-state index in [1.807, 2.05) is 30.3 Å². The van der Waals surface area contributed by atoms with E-state index in [-0.39, 0.29) is 5.91 Å². The SMILES string of the molecule is CS(=O)(=O)N1CCCN(C(=O)c2ccnn2-c2ccccc2)CC1. The number of hydrogen-bond donors (Lipinski definition) is 0. The van der Waals surface area contributed by atoms with Crippen LogP contribution in [0.25, 0.3) is 5.69 Å². The Balaban J connectivity index is 1.80. The molecule has 0 bridgehead atoms. The van der Waals surface area contributed by atoms with Crippen LogP contribution in [0.1, 0.15) is 16.9 Å². The summed E-state index contributed by atoms with van der Waals surface area (Å²) in [5, 5.41) is 4.24. The standard InChI is InChI=1S/C16H20N4O3S/c1-24(22,23)19-11-5-10-18(12-13-19)16(21)15-8-9-17-20(15)14-6-3-2-4-7-14/h2-4,6-9H,5,10-13H2,1H3. The number of hydrogen-bond acceptors (Lipinski definition) is 4. The lowest BCUT2D eigenvalue weighted by Gasteiger charge is -2.21. The number of benzene rings is 1. The van der Waals surface area contributed by atoms with E-state index in [9.17, 15) is 13.2 Å². The third-order valence-corrected chi connectivity index (χ3v) is 5.38. The van der Waals surface area contributed by atoms with Crippen LogP contribution in [-0.4, -0.2) is 65.7 Å². The van der Waals surface area contributed by atoms with Gasteiger partial charge >= 0.3 is 0 Å². The lowest BCUT2D eigenvalue weighted by atomic mass is 10.3. The van der Waals surface area contributed by atoms with Gasteiger partial charge in [0.25, 0.3) is 5.91 Å². The van der Waals surface area contributed by atoms with Gasteiger partial charge in [-0.1, -0.05) is 18.2 Å². The predicted molar refractivity (Wildman–Crippen MR) is 90.5 cm³/mol. The molecule has 1 aromatic heterocycles. The van der Waals surface area contributed by atoms with Crippen molar-refractivity contribution in [2.24, 2.45) is 0 Å². The van der Waals surface area contributed by atoms with Crippen molar-refractivity contribution in [2.75, 3.05) is 32.4 Å². The molecular weight excluding hydrogens is 328 g/mol. The second-order valence-electron chi connectivity index (χ2n) is 5.77. The van der Waals surface area contributed by atoms with Crippen LogP contribution in [0.15, 0.2) is 42.6 Å². The highest BCUT2D eigenvalue weighted by Crippen LogP contribution is 2.14. The van der Waals surface area contributed by atoms with Crippen LogP contribution in [0, 0.1) is 0 Å². The Morgan fingerprint density at radius 2 is 1.79 bits per heavy atom. The number of nitrogens with zero attached hydrogens (tertiary/aromatic N) is 4. The number of sulfonamides is 1. The van der Waals surface area contributed by atoms with Gasteiger partial charge in [-0.25, -0.2) is 17.4 Å². The molecule has 24 heavy (non-hydrogen) atoms. The first kappa shape index (κ1) is 16.7. The molecule has 1 aromatic carbocycles. The molecule has 1 amide bonds. The monoisotopic (exact) mass is 348 g/mol. The molecule has 0 spiro atoms. The number of para-hydroxylation sites is 1. The molecule has 7 nitrogen and oxygen atoms in total. The van der Waals surface area contributed by atoms with Crippen LogP contribution in [0.3, 0.4) is 0 Å². The second kappa shape index (κ2) is 6.74. The van der Waals surface area contributed by atoms with Crippen LogP contribution >= 0.6 is 0 Å². The molecule has 2 heterocycles. The van der Waals surface area contributed by atoms with Crippen LogP contribution in [0.5, 0.6) is 0 Å². The minimum Gasteiger partial charge on any atom is -0.336 e. The van der Waals surface area contributed by atoms with E-state index in [4.69, 9.17) is 0 Å². The first-order valence-corrected chi connectivity index (χ1v) is 9.65. The molecule has 0 atom stereocenters. The minimum absolute atomic E-state index is 0.133. The van der Waals surface area contributed by atoms with Crippen molar-refractivity contribution in [1.29, 1.82) is 0 Å². The Morgan fingerprint density at radius 1 is 1.04 bits per heavy atom. The lowest BCUT2D eigenvalue weighted by molar-refractivity contribution is 0.0755. The normalized spacial score (nSPS) is 16.8. The summed E-state index contributed by atoms with van der Waals surface area (Å²) in [4.78, 5) is 14.6. The summed E-state index contributed by atoms with van der Waals surface area (Å²) in [6.45, 7) is 1.68. The summed E-state index contributed by atoms with van der Waals surface area (Å²) in [5.74, 6) is -0.133. The maximum Gasteiger partial charge on any atom is 0.272 e. The zero-order valence-electron chi connectivity index (χ0n) is 13.5. The van der Waals surface area contributed by atoms with Crippen molar-refractivity contribution >= 4 is 15.9 Å². The van der Waals surface area contributed by atoms with Gasteiger partial charge in [0.05, 0.1) is 18.1 Å². The molecule has 1 fully saturated rings.